The van der Waals surface area contributed by atoms with Gasteiger partial charge in [-0.05, 0) is 0 Å². The van der Waals surface area contributed by atoms with Crippen LogP contribution in [-0.4, -0.2) is 5.43 Å². The van der Waals surface area contributed by atoms with Crippen molar-refractivity contribution in [1.29, 1.82) is 0 Å². The summed E-state index contributed by atoms with van der Waals surface area (Å²) in [5.74, 6) is 0. The minimum Gasteiger partial charge on any atom is -0.211 e. The Hall–Kier alpha value is -0.140. The van der Waals surface area contributed by atoms with Gasteiger partial charge in [0.2, 0.25) is 0 Å². The number of aryl methyl sites for hydroxylation is 2. The number of hydrogen-bond donors (Lipinski definition) is 0. The van der Waals surface area contributed by atoms with Crippen molar-refractivity contribution in [3.05, 3.63) is 71.8 Å². The summed E-state index contributed by atoms with van der Waals surface area (Å²) in [6.45, 7) is 8.54. The molecular formula is C18H22Cl2SiZr-2. The van der Waals surface area contributed by atoms with E-state index in [1.165, 1.54) is 21.9 Å². The molecular weight excluding hydrogens is 406 g/mol. The van der Waals surface area contributed by atoms with E-state index in [-0.39, 0.29) is 5.43 Å². The number of hydrogen-bond acceptors (Lipinski definition) is 0. The summed E-state index contributed by atoms with van der Waals surface area (Å²) < 4.78 is 0. The molecule has 0 spiro atoms. The largest absolute Gasteiger partial charge is 0.211 e. The number of benzene rings is 1. The first-order valence-corrected chi connectivity index (χ1v) is 19.7. The van der Waals surface area contributed by atoms with E-state index in [2.05, 4.69) is 75.5 Å². The fourth-order valence-corrected chi connectivity index (χ4v) is 1.78. The van der Waals surface area contributed by atoms with Gasteiger partial charge in [-0.3, -0.25) is 0 Å². The zero-order chi connectivity index (χ0) is 16.5. The fraction of sp³-hybridized carbons (Fsp3) is 0.222. The second-order valence-electron chi connectivity index (χ2n) is 5.38. The van der Waals surface area contributed by atoms with Gasteiger partial charge >= 0.3 is 53.5 Å². The van der Waals surface area contributed by atoms with Gasteiger partial charge in [0.05, 0.1) is 0 Å². The first-order chi connectivity index (χ1) is 10.4. The van der Waals surface area contributed by atoms with Crippen LogP contribution in [0.3, 0.4) is 0 Å². The summed E-state index contributed by atoms with van der Waals surface area (Å²) in [7, 11) is 11.2. The third-order valence-electron chi connectivity index (χ3n) is 2.97. The summed E-state index contributed by atoms with van der Waals surface area (Å²) in [6.07, 6.45) is 0. The van der Waals surface area contributed by atoms with Crippen molar-refractivity contribution >= 4 is 33.2 Å². The molecule has 0 aliphatic carbocycles. The van der Waals surface area contributed by atoms with Crippen molar-refractivity contribution in [2.45, 2.75) is 26.9 Å². The number of fused-ring (bicyclic) bond motifs is 1. The molecule has 0 nitrogen and oxygen atoms in total. The quantitative estimate of drug-likeness (QED) is 0.275. The van der Waals surface area contributed by atoms with Gasteiger partial charge in [-0.1, -0.05) is 19.9 Å². The summed E-state index contributed by atoms with van der Waals surface area (Å²) in [4.78, 5) is 0. The van der Waals surface area contributed by atoms with Crippen LogP contribution in [0.4, 0.5) is 0 Å². The Bertz CT molecular complexity index is 661. The first-order valence-electron chi connectivity index (χ1n) is 7.19. The Morgan fingerprint density at radius 1 is 1.05 bits per heavy atom. The van der Waals surface area contributed by atoms with Crippen LogP contribution >= 0.6 is 17.0 Å². The van der Waals surface area contributed by atoms with Crippen LogP contribution in [0.1, 0.15) is 11.1 Å². The monoisotopic (exact) mass is 426 g/mol. The molecule has 22 heavy (non-hydrogen) atoms. The molecule has 118 valence electrons. The Kier molecular flexibility index (Phi) is 9.59. The molecule has 0 aromatic heterocycles. The Labute approximate surface area is 149 Å². The molecule has 0 fully saturated rings. The van der Waals surface area contributed by atoms with Crippen molar-refractivity contribution in [1.82, 2.24) is 0 Å². The normalized spacial score (nSPS) is 9.36. The molecule has 3 rings (SSSR count). The maximum Gasteiger partial charge on any atom is -0.0579 e. The predicted octanol–water partition coefficient (Wildman–Crippen LogP) is 6.74. The van der Waals surface area contributed by atoms with Crippen LogP contribution in [0.25, 0.3) is 10.8 Å². The molecule has 0 heterocycles. The second-order valence-corrected chi connectivity index (χ2v) is 28.4. The van der Waals surface area contributed by atoms with Gasteiger partial charge in [-0.15, -0.1) is 40.6 Å². The SMILES string of the molecule is C[Si](C)=[Zr]([Cl])[Cl].Cc1cc2ccccc2[cH-]1.Cc1cc[cH-]c1. The van der Waals surface area contributed by atoms with Crippen LogP contribution < -0.4 is 0 Å². The molecule has 0 saturated heterocycles. The third-order valence-corrected chi connectivity index (χ3v) is 22.7. The van der Waals surface area contributed by atoms with Gasteiger partial charge in [0.15, 0.2) is 0 Å². The molecule has 0 saturated carbocycles. The van der Waals surface area contributed by atoms with Crippen LogP contribution in [0.15, 0.2) is 60.7 Å². The first kappa shape index (κ1) is 19.9. The van der Waals surface area contributed by atoms with E-state index in [9.17, 15) is 0 Å². The van der Waals surface area contributed by atoms with E-state index in [1.54, 1.807) is 0 Å². The van der Waals surface area contributed by atoms with Gasteiger partial charge < -0.3 is 0 Å². The average Bonchev–Trinajstić information content (AvgIpc) is 3.07. The summed E-state index contributed by atoms with van der Waals surface area (Å²) >= 11 is -1.65. The van der Waals surface area contributed by atoms with Crippen LogP contribution in [0, 0.1) is 13.8 Å². The molecule has 0 aliphatic heterocycles. The zero-order valence-electron chi connectivity index (χ0n) is 13.5. The van der Waals surface area contributed by atoms with E-state index in [4.69, 9.17) is 17.0 Å². The zero-order valence-corrected chi connectivity index (χ0v) is 18.5. The van der Waals surface area contributed by atoms with Gasteiger partial charge in [0.1, 0.15) is 0 Å². The van der Waals surface area contributed by atoms with Crippen LogP contribution in [0.2, 0.25) is 13.1 Å². The fourth-order valence-electron chi connectivity index (χ4n) is 1.78. The standard InChI is InChI=1S/C10H9.C6H7.C2H6Si.2ClH.Zr/c1-8-6-9-4-2-3-5-10(9)7-8;1-6-4-2-3-5-6;1-3-2;;;/h2-7H,1H3;2-5H,1H3;1-2H3;2*1H;/q2*-1;;;;+2/p-2. The maximum absolute atomic E-state index is 5.62. The third kappa shape index (κ3) is 7.92. The summed E-state index contributed by atoms with van der Waals surface area (Å²) in [5.41, 5.74) is 2.47. The molecule has 0 radical (unpaired) electrons. The van der Waals surface area contributed by atoms with E-state index in [0.717, 1.165) is 0 Å². The van der Waals surface area contributed by atoms with E-state index >= 15 is 0 Å². The minimum absolute atomic E-state index is 0.224. The second kappa shape index (κ2) is 10.6. The van der Waals surface area contributed by atoms with E-state index < -0.39 is 18.0 Å². The van der Waals surface area contributed by atoms with Crippen molar-refractivity contribution < 1.29 is 18.0 Å². The molecule has 0 aliphatic rings. The van der Waals surface area contributed by atoms with Gasteiger partial charge in [-0.2, -0.15) is 24.3 Å². The maximum atomic E-state index is 5.62. The molecule has 0 amide bonds. The van der Waals surface area contributed by atoms with Gasteiger partial charge in [-0.25, -0.2) is 11.6 Å². The average molecular weight is 429 g/mol. The molecule has 0 atom stereocenters. The Balaban J connectivity index is 0.000000176. The summed E-state index contributed by atoms with van der Waals surface area (Å²) in [6, 6.07) is 21.1. The smallest absolute Gasteiger partial charge is 0.0579 e. The Morgan fingerprint density at radius 3 is 2.09 bits per heavy atom. The van der Waals surface area contributed by atoms with E-state index in [1.807, 2.05) is 12.1 Å². The number of halogens is 2. The van der Waals surface area contributed by atoms with Gasteiger partial charge in [0, 0.05) is 0 Å². The number of rotatable bonds is 0. The van der Waals surface area contributed by atoms with Crippen LogP contribution in [0.5, 0.6) is 0 Å². The summed E-state index contributed by atoms with van der Waals surface area (Å²) in [5, 5.41) is 2.69. The minimum atomic E-state index is -1.65. The van der Waals surface area contributed by atoms with Crippen molar-refractivity contribution in [3.63, 3.8) is 0 Å². The molecule has 0 unspecified atom stereocenters. The molecule has 4 heteroatoms. The molecule has 0 N–H and O–H groups in total. The molecule has 3 aromatic carbocycles. The van der Waals surface area contributed by atoms with Crippen molar-refractivity contribution in [3.8, 4) is 0 Å². The van der Waals surface area contributed by atoms with E-state index in [0.29, 0.717) is 0 Å². The molecule has 0 bridgehead atoms. The molecule has 3 aromatic rings. The Morgan fingerprint density at radius 2 is 1.68 bits per heavy atom. The van der Waals surface area contributed by atoms with Crippen LogP contribution in [-0.2, 0) is 18.0 Å². The van der Waals surface area contributed by atoms with Crippen molar-refractivity contribution in [2.24, 2.45) is 0 Å². The van der Waals surface area contributed by atoms with Crippen molar-refractivity contribution in [2.75, 3.05) is 0 Å². The topological polar surface area (TPSA) is 0 Å². The van der Waals surface area contributed by atoms with Gasteiger partial charge in [0.25, 0.3) is 0 Å². The predicted molar refractivity (Wildman–Crippen MR) is 100 cm³/mol.